The molecule has 1 spiro atoms. The third-order valence-electron chi connectivity index (χ3n) is 6.72. The smallest absolute Gasteiger partial charge is 0.338 e. The van der Waals surface area contributed by atoms with E-state index in [0.717, 1.165) is 12.8 Å². The molecular weight excluding hydrogens is 372 g/mol. The summed E-state index contributed by atoms with van der Waals surface area (Å²) in [5.74, 6) is -1.13. The number of benzene rings is 1. The van der Waals surface area contributed by atoms with E-state index in [4.69, 9.17) is 23.7 Å². The third kappa shape index (κ3) is 3.72. The summed E-state index contributed by atoms with van der Waals surface area (Å²) in [5.41, 5.74) is 0.361. The minimum Gasteiger partial charge on any atom is -0.455 e. The normalized spacial score (nSPS) is 37.5. The molecular formula is C23H30O6. The van der Waals surface area contributed by atoms with E-state index < -0.39 is 11.9 Å². The van der Waals surface area contributed by atoms with Crippen LogP contribution >= 0.6 is 0 Å². The molecule has 2 saturated heterocycles. The van der Waals surface area contributed by atoms with Gasteiger partial charge in [-0.3, -0.25) is 0 Å². The molecule has 0 bridgehead atoms. The van der Waals surface area contributed by atoms with Crippen molar-refractivity contribution in [3.8, 4) is 0 Å². The Morgan fingerprint density at radius 3 is 2.55 bits per heavy atom. The molecule has 1 aromatic carbocycles. The van der Waals surface area contributed by atoms with Gasteiger partial charge in [0.2, 0.25) is 0 Å². The van der Waals surface area contributed by atoms with E-state index in [9.17, 15) is 4.79 Å². The second-order valence-corrected chi connectivity index (χ2v) is 9.32. The number of fused-ring (bicyclic) bond motifs is 1. The van der Waals surface area contributed by atoms with Gasteiger partial charge in [0.15, 0.2) is 12.1 Å². The van der Waals surface area contributed by atoms with E-state index in [-0.39, 0.29) is 36.0 Å². The first kappa shape index (κ1) is 19.5. The minimum absolute atomic E-state index is 0.102. The Balaban J connectivity index is 1.35. The van der Waals surface area contributed by atoms with E-state index >= 15 is 0 Å². The van der Waals surface area contributed by atoms with E-state index in [2.05, 4.69) is 0 Å². The molecule has 1 aromatic rings. The lowest BCUT2D eigenvalue weighted by Crippen LogP contribution is -2.41. The highest BCUT2D eigenvalue weighted by molar-refractivity contribution is 5.89. The number of hydrogen-bond acceptors (Lipinski definition) is 6. The monoisotopic (exact) mass is 402 g/mol. The van der Waals surface area contributed by atoms with Crippen LogP contribution in [0.1, 0.15) is 62.7 Å². The molecule has 0 amide bonds. The topological polar surface area (TPSA) is 63.2 Å². The SMILES string of the molecule is CC1(C)O[C@@H]2[C@@H](OC(=O)c3ccccc3)[C@@H]([C@H]3OCC4(CCCCC4)O3)C[C@@H]2O1. The largest absolute Gasteiger partial charge is 0.455 e. The van der Waals surface area contributed by atoms with Crippen LogP contribution in [0.5, 0.6) is 0 Å². The van der Waals surface area contributed by atoms with Crippen molar-refractivity contribution < 1.29 is 28.5 Å². The molecule has 6 nitrogen and oxygen atoms in total. The molecule has 2 aliphatic heterocycles. The Hall–Kier alpha value is -1.47. The Morgan fingerprint density at radius 2 is 1.79 bits per heavy atom. The number of rotatable bonds is 3. The highest BCUT2D eigenvalue weighted by atomic mass is 16.8. The molecule has 4 fully saturated rings. The fourth-order valence-electron chi connectivity index (χ4n) is 5.37. The van der Waals surface area contributed by atoms with Crippen molar-refractivity contribution in [1.29, 1.82) is 0 Å². The summed E-state index contributed by atoms with van der Waals surface area (Å²) in [6, 6.07) is 9.07. The zero-order valence-electron chi connectivity index (χ0n) is 17.2. The maximum Gasteiger partial charge on any atom is 0.338 e. The van der Waals surface area contributed by atoms with Gasteiger partial charge in [0.1, 0.15) is 12.2 Å². The van der Waals surface area contributed by atoms with Crippen LogP contribution in [0.2, 0.25) is 0 Å². The van der Waals surface area contributed by atoms with Gasteiger partial charge < -0.3 is 23.7 Å². The van der Waals surface area contributed by atoms with Crippen molar-refractivity contribution in [2.45, 2.75) is 88.4 Å². The summed E-state index contributed by atoms with van der Waals surface area (Å²) < 4.78 is 30.9. The first-order chi connectivity index (χ1) is 13.9. The predicted molar refractivity (Wildman–Crippen MR) is 104 cm³/mol. The standard InChI is InChI=1S/C23H30O6/c1-22(2)27-17-13-16(21-25-14-23(29-21)11-7-4-8-12-23)18(19(17)28-22)26-20(24)15-9-5-3-6-10-15/h3,5-6,9-10,16-19,21H,4,7-8,11-14H2,1-2H3/t16-,17-,18-,19-,21-/m0/s1. The molecule has 0 aromatic heterocycles. The Morgan fingerprint density at radius 1 is 1.03 bits per heavy atom. The van der Waals surface area contributed by atoms with Crippen LogP contribution in [0, 0.1) is 5.92 Å². The first-order valence-corrected chi connectivity index (χ1v) is 10.9. The third-order valence-corrected chi connectivity index (χ3v) is 6.72. The van der Waals surface area contributed by atoms with Gasteiger partial charge in [-0.25, -0.2) is 4.79 Å². The Kier molecular flexibility index (Phi) is 4.93. The number of ether oxygens (including phenoxy) is 5. The van der Waals surface area contributed by atoms with Crippen molar-refractivity contribution in [2.24, 2.45) is 5.92 Å². The predicted octanol–water partition coefficient (Wildman–Crippen LogP) is 3.83. The summed E-state index contributed by atoms with van der Waals surface area (Å²) in [7, 11) is 0. The molecule has 0 N–H and O–H groups in total. The van der Waals surface area contributed by atoms with Crippen LogP contribution < -0.4 is 0 Å². The summed E-state index contributed by atoms with van der Waals surface area (Å²) in [5, 5.41) is 0. The van der Waals surface area contributed by atoms with Crippen molar-refractivity contribution in [3.05, 3.63) is 35.9 Å². The number of carbonyl (C=O) groups excluding carboxylic acids is 1. The lowest BCUT2D eigenvalue weighted by Gasteiger charge is -2.33. The Labute approximate surface area is 171 Å². The van der Waals surface area contributed by atoms with E-state index in [1.54, 1.807) is 12.1 Å². The maximum absolute atomic E-state index is 12.8. The second-order valence-electron chi connectivity index (χ2n) is 9.32. The van der Waals surface area contributed by atoms with Crippen LogP contribution in [0.15, 0.2) is 30.3 Å². The van der Waals surface area contributed by atoms with Crippen LogP contribution in [0.3, 0.4) is 0 Å². The number of esters is 1. The van der Waals surface area contributed by atoms with Gasteiger partial charge in [0, 0.05) is 0 Å². The molecule has 29 heavy (non-hydrogen) atoms. The van der Waals surface area contributed by atoms with Crippen LogP contribution in [0.25, 0.3) is 0 Å². The van der Waals surface area contributed by atoms with Gasteiger partial charge in [0.25, 0.3) is 0 Å². The van der Waals surface area contributed by atoms with Gasteiger partial charge in [-0.05, 0) is 45.2 Å². The summed E-state index contributed by atoms with van der Waals surface area (Å²) >= 11 is 0. The second kappa shape index (κ2) is 7.34. The molecule has 0 unspecified atom stereocenters. The van der Waals surface area contributed by atoms with Crippen LogP contribution in [-0.2, 0) is 23.7 Å². The van der Waals surface area contributed by atoms with E-state index in [0.29, 0.717) is 18.6 Å². The van der Waals surface area contributed by atoms with Crippen molar-refractivity contribution in [3.63, 3.8) is 0 Å². The number of carbonyl (C=O) groups is 1. The molecule has 0 radical (unpaired) electrons. The highest BCUT2D eigenvalue weighted by Gasteiger charge is 2.59. The summed E-state index contributed by atoms with van der Waals surface area (Å²) in [6.45, 7) is 4.42. The average Bonchev–Trinajstić information content (AvgIpc) is 3.34. The molecule has 5 rings (SSSR count). The highest BCUT2D eigenvalue weighted by Crippen LogP contribution is 2.48. The zero-order valence-corrected chi connectivity index (χ0v) is 17.2. The quantitative estimate of drug-likeness (QED) is 0.716. The van der Waals surface area contributed by atoms with Crippen molar-refractivity contribution in [2.75, 3.05) is 6.61 Å². The van der Waals surface area contributed by atoms with Gasteiger partial charge in [-0.2, -0.15) is 0 Å². The lowest BCUT2D eigenvalue weighted by molar-refractivity contribution is -0.194. The molecule has 2 heterocycles. The average molecular weight is 402 g/mol. The Bertz CT molecular complexity index is 741. The molecule has 2 aliphatic carbocycles. The summed E-state index contributed by atoms with van der Waals surface area (Å²) in [4.78, 5) is 12.8. The van der Waals surface area contributed by atoms with Crippen LogP contribution in [0.4, 0.5) is 0 Å². The van der Waals surface area contributed by atoms with Gasteiger partial charge in [-0.15, -0.1) is 0 Å². The zero-order chi connectivity index (χ0) is 20.1. The van der Waals surface area contributed by atoms with Crippen molar-refractivity contribution >= 4 is 5.97 Å². The van der Waals surface area contributed by atoms with E-state index in [1.807, 2.05) is 32.0 Å². The summed E-state index contributed by atoms with van der Waals surface area (Å²) in [6.07, 6.45) is 5.11. The van der Waals surface area contributed by atoms with Crippen LogP contribution in [-0.4, -0.2) is 48.6 Å². The minimum atomic E-state index is -0.681. The fourth-order valence-corrected chi connectivity index (χ4v) is 5.37. The van der Waals surface area contributed by atoms with Crippen molar-refractivity contribution in [1.82, 2.24) is 0 Å². The first-order valence-electron chi connectivity index (χ1n) is 10.9. The number of hydrogen-bond donors (Lipinski definition) is 0. The molecule has 5 atom stereocenters. The van der Waals surface area contributed by atoms with Gasteiger partial charge >= 0.3 is 5.97 Å². The fraction of sp³-hybridized carbons (Fsp3) is 0.696. The van der Waals surface area contributed by atoms with Gasteiger partial charge in [-0.1, -0.05) is 37.5 Å². The van der Waals surface area contributed by atoms with Gasteiger partial charge in [0.05, 0.1) is 29.8 Å². The maximum atomic E-state index is 12.8. The molecule has 6 heteroatoms. The van der Waals surface area contributed by atoms with E-state index in [1.165, 1.54) is 19.3 Å². The molecule has 158 valence electrons. The molecule has 2 saturated carbocycles. The molecule has 4 aliphatic rings. The lowest BCUT2D eigenvalue weighted by atomic mass is 9.85.